The molecule has 8 rings (SSSR count). The standard InChI is InChI=1S/C42H33IN6O4S4/c1-53-48-35(31-24-56-41(45-31)47-42(27-11-5-2-6-12-27,28-13-7-3-8-14-28)29-15-9-4-10-16-29)37(50)46-39-34(36(40(51)52)49-32(54)21-33(49)57-39)38-44-30(23-55-38)26-19-17-25(22-43)18-20-26/h2-20,23-24,33,39H,21-22H2,1H3,(H,45,47)(H,46,50)(H,51,52)/t33-,39?/m0/s1. The summed E-state index contributed by atoms with van der Waals surface area (Å²) in [6.07, 6.45) is 0.509. The first-order valence-corrected chi connectivity index (χ1v) is 22.3. The number of carbonyl (C=O) groups is 2. The number of anilines is 1. The average molecular weight is 941 g/mol. The van der Waals surface area contributed by atoms with Crippen molar-refractivity contribution >= 4 is 103 Å². The molecule has 15 heteroatoms. The van der Waals surface area contributed by atoms with Gasteiger partial charge in [-0.3, -0.25) is 4.79 Å². The van der Waals surface area contributed by atoms with E-state index >= 15 is 0 Å². The highest BCUT2D eigenvalue weighted by molar-refractivity contribution is 14.1. The minimum Gasteiger partial charge on any atom is -0.477 e. The molecule has 6 aromatic rings. The lowest BCUT2D eigenvalue weighted by molar-refractivity contribution is -0.134. The van der Waals surface area contributed by atoms with Gasteiger partial charge in [0, 0.05) is 27.2 Å². The number of aromatic nitrogens is 2. The van der Waals surface area contributed by atoms with Crippen LogP contribution >= 0.6 is 69.2 Å². The number of carboxylic acid groups (broad SMARTS) is 1. The van der Waals surface area contributed by atoms with Crippen LogP contribution in [-0.4, -0.2) is 60.4 Å². The molecule has 2 aromatic heterocycles. The molecule has 1 fully saturated rings. The number of hydrogen-bond donors (Lipinski definition) is 3. The minimum absolute atomic E-state index is 0.00547. The molecule has 286 valence electrons. The van der Waals surface area contributed by atoms with Gasteiger partial charge in [-0.25, -0.2) is 14.8 Å². The Labute approximate surface area is 360 Å². The molecule has 0 radical (unpaired) electrons. The zero-order valence-corrected chi connectivity index (χ0v) is 35.6. The van der Waals surface area contributed by atoms with Crippen LogP contribution in [0.2, 0.25) is 0 Å². The van der Waals surface area contributed by atoms with Crippen LogP contribution in [0.15, 0.2) is 137 Å². The van der Waals surface area contributed by atoms with Gasteiger partial charge >= 0.3 is 5.97 Å². The van der Waals surface area contributed by atoms with Crippen molar-refractivity contribution in [2.75, 3.05) is 12.4 Å². The Kier molecular flexibility index (Phi) is 11.5. The van der Waals surface area contributed by atoms with Crippen LogP contribution in [0.1, 0.15) is 39.4 Å². The zero-order valence-electron chi connectivity index (χ0n) is 30.2. The van der Waals surface area contributed by atoms with Crippen molar-refractivity contribution in [3.8, 4) is 11.3 Å². The van der Waals surface area contributed by atoms with Crippen LogP contribution in [-0.2, 0) is 24.4 Å². The van der Waals surface area contributed by atoms with Crippen LogP contribution in [0, 0.1) is 0 Å². The number of benzene rings is 4. The number of thioether (sulfide) groups is 1. The highest BCUT2D eigenvalue weighted by atomic mass is 127. The first kappa shape index (κ1) is 38.9. The Balaban J connectivity index is 1.14. The van der Waals surface area contributed by atoms with Crippen LogP contribution in [0.5, 0.6) is 0 Å². The molecule has 0 bridgehead atoms. The lowest BCUT2D eigenvalue weighted by Gasteiger charge is -2.48. The number of carbonyl (C=O) groups excluding carboxylic acids is 1. The molecule has 2 aliphatic rings. The van der Waals surface area contributed by atoms with E-state index in [9.17, 15) is 14.7 Å². The summed E-state index contributed by atoms with van der Waals surface area (Å²) in [5, 5.41) is 25.1. The summed E-state index contributed by atoms with van der Waals surface area (Å²) in [6.45, 7) is 0. The van der Waals surface area contributed by atoms with E-state index in [-0.39, 0.29) is 22.5 Å². The van der Waals surface area contributed by atoms with Crippen LogP contribution in [0.4, 0.5) is 5.13 Å². The molecule has 57 heavy (non-hydrogen) atoms. The molecule has 3 N–H and O–H groups in total. The monoisotopic (exact) mass is 940 g/mol. The van der Waals surface area contributed by atoms with Crippen molar-refractivity contribution in [3.63, 3.8) is 0 Å². The summed E-state index contributed by atoms with van der Waals surface area (Å²) in [6, 6.07) is 38.6. The maximum absolute atomic E-state index is 14.4. The van der Waals surface area contributed by atoms with Gasteiger partial charge < -0.3 is 25.5 Å². The molecule has 0 saturated carbocycles. The number of thiocarbonyl (C=S) groups is 1. The summed E-state index contributed by atoms with van der Waals surface area (Å²) in [7, 11) is 1.37. The summed E-state index contributed by atoms with van der Waals surface area (Å²) < 4.78 is 0.883. The van der Waals surface area contributed by atoms with Crippen molar-refractivity contribution in [2.24, 2.45) is 5.16 Å². The molecule has 4 aromatic carbocycles. The number of carboxylic acids is 1. The molecule has 10 nitrogen and oxygen atoms in total. The molecule has 1 unspecified atom stereocenters. The molecule has 2 atom stereocenters. The van der Waals surface area contributed by atoms with Gasteiger partial charge in [-0.1, -0.05) is 155 Å². The van der Waals surface area contributed by atoms with Gasteiger partial charge in [0.05, 0.1) is 21.6 Å². The molecule has 0 spiro atoms. The summed E-state index contributed by atoms with van der Waals surface area (Å²) in [4.78, 5) is 44.5. The van der Waals surface area contributed by atoms with Gasteiger partial charge in [-0.15, -0.1) is 34.4 Å². The maximum atomic E-state index is 14.4. The second-order valence-corrected chi connectivity index (χ2v) is 17.2. The van der Waals surface area contributed by atoms with Gasteiger partial charge in [-0.05, 0) is 22.3 Å². The Bertz CT molecular complexity index is 2400. The predicted octanol–water partition coefficient (Wildman–Crippen LogP) is 9.00. The third-order valence-electron chi connectivity index (χ3n) is 9.62. The van der Waals surface area contributed by atoms with Crippen LogP contribution < -0.4 is 10.6 Å². The lowest BCUT2D eigenvalue weighted by Crippen LogP contribution is -2.56. The van der Waals surface area contributed by atoms with E-state index in [1.807, 2.05) is 84.2 Å². The van der Waals surface area contributed by atoms with Gasteiger partial charge in [-0.2, -0.15) is 0 Å². The number of halogens is 1. The number of oxime groups is 1. The van der Waals surface area contributed by atoms with E-state index in [4.69, 9.17) is 27.0 Å². The molecule has 1 amide bonds. The highest BCUT2D eigenvalue weighted by Gasteiger charge is 2.48. The second kappa shape index (κ2) is 16.9. The molecule has 0 aliphatic carbocycles. The van der Waals surface area contributed by atoms with E-state index in [0.29, 0.717) is 32.8 Å². The molecular formula is C42H33IN6O4S4. The Morgan fingerprint density at radius 3 is 2.07 bits per heavy atom. The highest BCUT2D eigenvalue weighted by Crippen LogP contribution is 2.48. The minimum atomic E-state index is -1.15. The van der Waals surface area contributed by atoms with E-state index in [1.165, 1.54) is 47.1 Å². The van der Waals surface area contributed by atoms with Crippen molar-refractivity contribution in [2.45, 2.75) is 27.1 Å². The van der Waals surface area contributed by atoms with Crippen molar-refractivity contribution in [1.29, 1.82) is 0 Å². The van der Waals surface area contributed by atoms with Crippen molar-refractivity contribution in [3.05, 3.63) is 165 Å². The summed E-state index contributed by atoms with van der Waals surface area (Å²) >= 11 is 11.9. The number of thiazole rings is 2. The molecule has 4 heterocycles. The van der Waals surface area contributed by atoms with Gasteiger partial charge in [0.25, 0.3) is 5.91 Å². The number of alkyl halides is 1. The van der Waals surface area contributed by atoms with E-state index in [0.717, 1.165) is 26.7 Å². The Morgan fingerprint density at radius 2 is 1.53 bits per heavy atom. The summed E-state index contributed by atoms with van der Waals surface area (Å²) in [5.74, 6) is -1.74. The largest absolute Gasteiger partial charge is 0.477 e. The number of rotatable bonds is 13. The number of aliphatic carboxylic acids is 1. The number of fused-ring (bicyclic) bond motifs is 1. The third-order valence-corrected chi connectivity index (χ3v) is 13.8. The van der Waals surface area contributed by atoms with Crippen molar-refractivity contribution < 1.29 is 19.5 Å². The normalized spacial score (nSPS) is 16.8. The van der Waals surface area contributed by atoms with Crippen LogP contribution in [0.25, 0.3) is 16.8 Å². The third kappa shape index (κ3) is 7.61. The van der Waals surface area contributed by atoms with E-state index in [1.54, 1.807) is 10.3 Å². The number of nitrogens with zero attached hydrogens (tertiary/aromatic N) is 4. The lowest BCUT2D eigenvalue weighted by atomic mass is 9.77. The smallest absolute Gasteiger partial charge is 0.353 e. The van der Waals surface area contributed by atoms with Crippen molar-refractivity contribution in [1.82, 2.24) is 20.2 Å². The fourth-order valence-electron chi connectivity index (χ4n) is 6.94. The first-order chi connectivity index (χ1) is 27.8. The Morgan fingerprint density at radius 1 is 0.912 bits per heavy atom. The second-order valence-electron chi connectivity index (χ2n) is 13.0. The summed E-state index contributed by atoms with van der Waals surface area (Å²) in [5.41, 5.74) is 5.53. The zero-order chi connectivity index (χ0) is 39.5. The van der Waals surface area contributed by atoms with E-state index < -0.39 is 22.8 Å². The first-order valence-electron chi connectivity index (χ1n) is 17.7. The fraction of sp³-hybridized carbons (Fsp3) is 0.143. The number of amides is 1. The van der Waals surface area contributed by atoms with Crippen LogP contribution in [0.3, 0.4) is 0 Å². The average Bonchev–Trinajstić information content (AvgIpc) is 3.93. The molecular weight excluding hydrogens is 908 g/mol. The number of nitrogens with one attached hydrogen (secondary N) is 2. The molecule has 1 saturated heterocycles. The maximum Gasteiger partial charge on any atom is 0.353 e. The van der Waals surface area contributed by atoms with Gasteiger partial charge in [0.1, 0.15) is 34.4 Å². The van der Waals surface area contributed by atoms with Gasteiger partial charge in [0.2, 0.25) is 0 Å². The predicted molar refractivity (Wildman–Crippen MR) is 241 cm³/mol. The quantitative estimate of drug-likeness (QED) is 0.0258. The van der Waals surface area contributed by atoms with E-state index in [2.05, 4.69) is 74.8 Å². The Hall–Kier alpha value is -4.94. The SMILES string of the molecule is CON=C(C(=O)NC1S[C@H]2CC(=S)N2C(C(=O)O)=C1c1nc(-c2ccc(CI)cc2)cs1)c1csc(NC(c2ccccc2)(c2ccccc2)c2ccccc2)n1. The van der Waals surface area contributed by atoms with Gasteiger partial charge in [0.15, 0.2) is 10.8 Å². The fourth-order valence-corrected chi connectivity index (χ4v) is 11.2. The molecule has 2 aliphatic heterocycles. The number of hydrogen-bond acceptors (Lipinski definition) is 11. The topological polar surface area (TPSA) is 129 Å².